The van der Waals surface area contributed by atoms with E-state index in [9.17, 15) is 14.4 Å². The molecule has 412 valence electrons. The average Bonchev–Trinajstić information content (AvgIpc) is 4.28. The zero-order valence-corrected chi connectivity index (χ0v) is 47.6. The Hall–Kier alpha value is -8.28. The first-order chi connectivity index (χ1) is 37.8. The number of carbonyl (C=O) groups excluding carboxylic acids is 3. The molecule has 0 bridgehead atoms. The van der Waals surface area contributed by atoms with Gasteiger partial charge in [-0.3, -0.25) is 9.59 Å². The molecular weight excluding hydrogens is 987 g/mol. The number of fused-ring (bicyclic) bond motifs is 2. The van der Waals surface area contributed by atoms with Crippen molar-refractivity contribution in [3.8, 4) is 0 Å². The lowest BCUT2D eigenvalue weighted by molar-refractivity contribution is -0.170. The van der Waals surface area contributed by atoms with Crippen molar-refractivity contribution >= 4 is 39.7 Å². The molecule has 9 aromatic rings. The number of ether oxygens (including phenoxy) is 2. The topological polar surface area (TPSA) is 146 Å². The summed E-state index contributed by atoms with van der Waals surface area (Å²) < 4.78 is 29.1. The second-order valence-electron chi connectivity index (χ2n) is 21.4. The van der Waals surface area contributed by atoms with Gasteiger partial charge in [0, 0.05) is 19.5 Å². The fourth-order valence-electron chi connectivity index (χ4n) is 10.3. The predicted octanol–water partition coefficient (Wildman–Crippen LogP) is 15.6. The summed E-state index contributed by atoms with van der Waals surface area (Å²) in [7, 11) is 1.32. The SMILES string of the molecule is CCC(C=C(C)C)c1cc2cc(CC(=O)NC(c3ccccc3)c3ccc(C)cc3C)ccc2o1.COC(=O)C(C)(C)OC(c1cc2cc(CC(=O)NC(c3ccccc3)c3ccc(C)cc3C)ccc2o1)c1c(C)noc1C.[HH].[HH]. The Kier molecular flexibility index (Phi) is 18.0. The summed E-state index contributed by atoms with van der Waals surface area (Å²) >= 11 is 0. The van der Waals surface area contributed by atoms with Crippen LogP contribution in [0.25, 0.3) is 21.9 Å². The average molecular weight is 1060 g/mol. The molecule has 79 heavy (non-hydrogen) atoms. The molecule has 0 aliphatic rings. The lowest BCUT2D eigenvalue weighted by atomic mass is 9.93. The van der Waals surface area contributed by atoms with Crippen molar-refractivity contribution in [2.24, 2.45) is 0 Å². The van der Waals surface area contributed by atoms with Crippen LogP contribution in [-0.4, -0.2) is 35.7 Å². The molecule has 0 radical (unpaired) electrons. The van der Waals surface area contributed by atoms with Gasteiger partial charge < -0.3 is 33.5 Å². The van der Waals surface area contributed by atoms with Gasteiger partial charge in [0.2, 0.25) is 11.8 Å². The number of nitrogens with zero attached hydrogens (tertiary/aromatic N) is 1. The number of aromatic nitrogens is 1. The Morgan fingerprint density at radius 2 is 1.11 bits per heavy atom. The second kappa shape index (κ2) is 25.0. The molecule has 2 amide bonds. The highest BCUT2D eigenvalue weighted by atomic mass is 16.6. The predicted molar refractivity (Wildman–Crippen MR) is 316 cm³/mol. The number of amides is 2. The zero-order valence-electron chi connectivity index (χ0n) is 47.6. The molecule has 6 aromatic carbocycles. The molecular formula is C68H77N3O8. The van der Waals surface area contributed by atoms with Crippen molar-refractivity contribution in [2.45, 2.75) is 125 Å². The van der Waals surface area contributed by atoms with Crippen LogP contribution in [0.5, 0.6) is 0 Å². The maximum atomic E-state index is 13.5. The number of carbonyl (C=O) groups is 3. The molecule has 4 atom stereocenters. The lowest BCUT2D eigenvalue weighted by Gasteiger charge is -2.27. The van der Waals surface area contributed by atoms with Crippen LogP contribution in [0.1, 0.15) is 152 Å². The van der Waals surface area contributed by atoms with E-state index in [0.717, 1.165) is 67.5 Å². The van der Waals surface area contributed by atoms with Crippen molar-refractivity contribution in [2.75, 3.05) is 7.11 Å². The highest BCUT2D eigenvalue weighted by Gasteiger charge is 2.38. The van der Waals surface area contributed by atoms with Gasteiger partial charge in [-0.2, -0.15) is 0 Å². The van der Waals surface area contributed by atoms with E-state index in [-0.39, 0.29) is 39.1 Å². The molecule has 0 spiro atoms. The summed E-state index contributed by atoms with van der Waals surface area (Å²) in [5, 5.41) is 12.5. The number of rotatable bonds is 18. The van der Waals surface area contributed by atoms with Crippen LogP contribution in [0.3, 0.4) is 0 Å². The molecule has 3 heterocycles. The van der Waals surface area contributed by atoms with Gasteiger partial charge >= 0.3 is 5.97 Å². The molecule has 0 aliphatic carbocycles. The van der Waals surface area contributed by atoms with Crippen LogP contribution in [-0.2, 0) is 36.7 Å². The first-order valence-electron chi connectivity index (χ1n) is 27.0. The molecule has 0 saturated carbocycles. The number of hydrogen-bond donors (Lipinski definition) is 2. The highest BCUT2D eigenvalue weighted by Crippen LogP contribution is 2.38. The molecule has 4 unspecified atom stereocenters. The summed E-state index contributed by atoms with van der Waals surface area (Å²) in [4.78, 5) is 39.2. The van der Waals surface area contributed by atoms with Gasteiger partial charge in [-0.05, 0) is 157 Å². The van der Waals surface area contributed by atoms with Crippen LogP contribution in [0, 0.1) is 41.5 Å². The fourth-order valence-corrected chi connectivity index (χ4v) is 10.3. The second-order valence-corrected chi connectivity index (χ2v) is 21.4. The van der Waals surface area contributed by atoms with Crippen molar-refractivity contribution in [3.63, 3.8) is 0 Å². The minimum atomic E-state index is -1.27. The van der Waals surface area contributed by atoms with E-state index in [1.54, 1.807) is 20.8 Å². The van der Waals surface area contributed by atoms with Crippen molar-refractivity contribution < 1.29 is 40.1 Å². The third-order valence-corrected chi connectivity index (χ3v) is 14.3. The molecule has 0 saturated heterocycles. The summed E-state index contributed by atoms with van der Waals surface area (Å²) in [6.45, 7) is 21.6. The van der Waals surface area contributed by atoms with Gasteiger partial charge in [-0.15, -0.1) is 0 Å². The molecule has 0 fully saturated rings. The minimum Gasteiger partial charge on any atom is -0.467 e. The third kappa shape index (κ3) is 13.9. The third-order valence-electron chi connectivity index (χ3n) is 14.3. The van der Waals surface area contributed by atoms with Crippen molar-refractivity contribution in [3.05, 3.63) is 241 Å². The Morgan fingerprint density at radius 3 is 1.54 bits per heavy atom. The maximum Gasteiger partial charge on any atom is 0.337 e. The molecule has 9 rings (SSSR count). The van der Waals surface area contributed by atoms with Crippen LogP contribution >= 0.6 is 0 Å². The van der Waals surface area contributed by atoms with E-state index in [1.165, 1.54) is 29.4 Å². The van der Waals surface area contributed by atoms with Crippen LogP contribution in [0.4, 0.5) is 0 Å². The molecule has 2 N–H and O–H groups in total. The largest absolute Gasteiger partial charge is 0.467 e. The summed E-state index contributed by atoms with van der Waals surface area (Å²) in [5.41, 5.74) is 13.6. The Labute approximate surface area is 467 Å². The standard InChI is InChI=1S/C36H38N2O6.C32H35NO2.2H2/c1-21-13-15-28(22(2)17-21)33(26-11-9-8-10-12-26)37-31(39)19-25-14-16-29-27(18-25)20-30(42-29)34(32-23(3)38-44-24(32)4)43-36(5,6)35(40)41-7;1-6-25(16-21(2)3)30-20-27-18-24(13-15-29(27)35-30)19-31(34)33-32(26-10-8-7-9-11-26)28-14-12-22(4)17-23(28)5;;/h8-18,20,33-34H,19H2,1-7H3,(H,37,39);7-18,20,25,32H,6,19H2,1-5H3,(H,33,34);2*1H. The summed E-state index contributed by atoms with van der Waals surface area (Å²) in [6, 6.07) is 48.1. The van der Waals surface area contributed by atoms with Crippen molar-refractivity contribution in [1.82, 2.24) is 15.8 Å². The van der Waals surface area contributed by atoms with E-state index in [4.69, 9.17) is 22.8 Å². The van der Waals surface area contributed by atoms with E-state index in [2.05, 4.69) is 131 Å². The number of methoxy groups -OCH3 is 1. The van der Waals surface area contributed by atoms with Gasteiger partial charge in [-0.25, -0.2) is 4.79 Å². The van der Waals surface area contributed by atoms with Crippen LogP contribution in [0.2, 0.25) is 0 Å². The zero-order chi connectivity index (χ0) is 56.5. The van der Waals surface area contributed by atoms with Gasteiger partial charge in [0.1, 0.15) is 34.6 Å². The van der Waals surface area contributed by atoms with Crippen LogP contribution < -0.4 is 10.6 Å². The van der Waals surface area contributed by atoms with E-state index in [0.29, 0.717) is 34.8 Å². The van der Waals surface area contributed by atoms with E-state index < -0.39 is 17.7 Å². The molecule has 0 aliphatic heterocycles. The number of allylic oxidation sites excluding steroid dienone is 2. The molecule has 11 heteroatoms. The summed E-state index contributed by atoms with van der Waals surface area (Å²) in [6.07, 6.45) is 2.96. The van der Waals surface area contributed by atoms with E-state index >= 15 is 0 Å². The number of esters is 1. The number of aryl methyl sites for hydroxylation is 6. The Bertz CT molecular complexity index is 3610. The van der Waals surface area contributed by atoms with Gasteiger partial charge in [0.25, 0.3) is 0 Å². The first-order valence-corrected chi connectivity index (χ1v) is 27.0. The Morgan fingerprint density at radius 1 is 0.633 bits per heavy atom. The normalized spacial score (nSPS) is 13.0. The number of nitrogens with one attached hydrogen (secondary N) is 2. The first kappa shape index (κ1) is 56.9. The monoisotopic (exact) mass is 1060 g/mol. The molecule has 3 aromatic heterocycles. The molecule has 11 nitrogen and oxygen atoms in total. The lowest BCUT2D eigenvalue weighted by Crippen LogP contribution is -2.37. The number of furan rings is 2. The quantitative estimate of drug-likeness (QED) is 0.0633. The Balaban J connectivity index is 0.000000261. The fraction of sp³-hybridized carbons (Fsp3) is 0.294. The van der Waals surface area contributed by atoms with Gasteiger partial charge in [0.15, 0.2) is 5.60 Å². The van der Waals surface area contributed by atoms with E-state index in [1.807, 2.05) is 91.9 Å². The smallest absolute Gasteiger partial charge is 0.337 e. The van der Waals surface area contributed by atoms with Gasteiger partial charge in [-0.1, -0.05) is 144 Å². The van der Waals surface area contributed by atoms with Gasteiger partial charge in [0.05, 0.1) is 43.3 Å². The number of hydrogen-bond acceptors (Lipinski definition) is 9. The van der Waals surface area contributed by atoms with Crippen molar-refractivity contribution in [1.29, 1.82) is 0 Å². The minimum absolute atomic E-state index is 0. The van der Waals surface area contributed by atoms with Crippen LogP contribution in [0.15, 0.2) is 171 Å². The summed E-state index contributed by atoms with van der Waals surface area (Å²) in [5.74, 6) is 1.66. The maximum absolute atomic E-state index is 13.5. The number of benzene rings is 6. The highest BCUT2D eigenvalue weighted by molar-refractivity contribution is 5.85.